The zero-order valence-corrected chi connectivity index (χ0v) is 26.2. The number of hydrogen-bond donors (Lipinski definition) is 1. The van der Waals surface area contributed by atoms with E-state index < -0.39 is 11.6 Å². The van der Waals surface area contributed by atoms with Gasteiger partial charge in [-0.15, -0.1) is 0 Å². The minimum atomic E-state index is -0.754. The van der Waals surface area contributed by atoms with Crippen LogP contribution in [-0.2, 0) is 28.0 Å². The van der Waals surface area contributed by atoms with Gasteiger partial charge >= 0.3 is 0 Å². The molecule has 0 spiro atoms. The van der Waals surface area contributed by atoms with E-state index in [4.69, 9.17) is 9.47 Å². The van der Waals surface area contributed by atoms with Crippen molar-refractivity contribution in [2.75, 3.05) is 13.7 Å². The molecule has 2 amide bonds. The summed E-state index contributed by atoms with van der Waals surface area (Å²) < 4.78 is 12.2. The summed E-state index contributed by atoms with van der Waals surface area (Å²) in [6, 6.07) is 22.4. The topological polar surface area (TPSA) is 67.9 Å². The van der Waals surface area contributed by atoms with Gasteiger partial charge in [0.2, 0.25) is 5.91 Å². The summed E-state index contributed by atoms with van der Waals surface area (Å²) in [6.07, 6.45) is 0.364. The second-order valence-corrected chi connectivity index (χ2v) is 12.9. The van der Waals surface area contributed by atoms with E-state index in [0.717, 1.165) is 21.2 Å². The molecule has 3 aromatic carbocycles. The number of carbonyl (C=O) groups excluding carboxylic acids is 2. The van der Waals surface area contributed by atoms with Crippen molar-refractivity contribution in [3.63, 3.8) is 0 Å². The Balaban J connectivity index is 1.95. The molecule has 0 fully saturated rings. The van der Waals surface area contributed by atoms with Crippen LogP contribution in [0.1, 0.15) is 58.2 Å². The molecule has 1 atom stereocenters. The largest absolute Gasteiger partial charge is 0.497 e. The Kier molecular flexibility index (Phi) is 10.4. The summed E-state index contributed by atoms with van der Waals surface area (Å²) >= 11 is 3.60. The van der Waals surface area contributed by atoms with Gasteiger partial charge in [0.1, 0.15) is 17.5 Å². The van der Waals surface area contributed by atoms with Crippen molar-refractivity contribution in [2.24, 2.45) is 0 Å². The highest BCUT2D eigenvalue weighted by Crippen LogP contribution is 2.31. The van der Waals surface area contributed by atoms with Gasteiger partial charge in [0.15, 0.2) is 6.61 Å². The Bertz CT molecular complexity index is 1300. The third-order valence-electron chi connectivity index (χ3n) is 6.41. The van der Waals surface area contributed by atoms with Crippen LogP contribution >= 0.6 is 15.9 Å². The lowest BCUT2D eigenvalue weighted by Crippen LogP contribution is -2.55. The lowest BCUT2D eigenvalue weighted by Gasteiger charge is -2.34. The summed E-state index contributed by atoms with van der Waals surface area (Å²) in [6.45, 7) is 12.2. The second kappa shape index (κ2) is 13.4. The predicted molar refractivity (Wildman–Crippen MR) is 164 cm³/mol. The van der Waals surface area contributed by atoms with E-state index in [1.54, 1.807) is 12.0 Å². The van der Waals surface area contributed by atoms with E-state index in [1.165, 1.54) is 0 Å². The van der Waals surface area contributed by atoms with E-state index >= 15 is 0 Å². The highest BCUT2D eigenvalue weighted by Gasteiger charge is 2.32. The van der Waals surface area contributed by atoms with Crippen molar-refractivity contribution in [1.29, 1.82) is 0 Å². The molecule has 1 N–H and O–H groups in total. The first-order chi connectivity index (χ1) is 18.8. The fourth-order valence-corrected chi connectivity index (χ4v) is 4.77. The average Bonchev–Trinajstić information content (AvgIpc) is 2.89. The van der Waals surface area contributed by atoms with Gasteiger partial charge in [0.25, 0.3) is 5.91 Å². The lowest BCUT2D eigenvalue weighted by molar-refractivity contribution is -0.143. The molecule has 7 heteroatoms. The van der Waals surface area contributed by atoms with Gasteiger partial charge in [0.05, 0.1) is 11.6 Å². The summed E-state index contributed by atoms with van der Waals surface area (Å²) in [5, 5.41) is 3.08. The van der Waals surface area contributed by atoms with Gasteiger partial charge in [-0.05, 0) is 83.1 Å². The molecule has 0 radical (unpaired) electrons. The molecule has 0 aromatic heterocycles. The summed E-state index contributed by atoms with van der Waals surface area (Å²) in [5.74, 6) is 0.743. The molecular weight excluding hydrogens is 568 g/mol. The average molecular weight is 610 g/mol. The van der Waals surface area contributed by atoms with Gasteiger partial charge in [0, 0.05) is 18.5 Å². The number of halogens is 1. The van der Waals surface area contributed by atoms with E-state index in [9.17, 15) is 9.59 Å². The van der Waals surface area contributed by atoms with Crippen LogP contribution in [0.3, 0.4) is 0 Å². The maximum Gasteiger partial charge on any atom is 0.261 e. The van der Waals surface area contributed by atoms with Gasteiger partial charge in [-0.1, -0.05) is 69.3 Å². The number of benzene rings is 3. The third-order valence-corrected chi connectivity index (χ3v) is 7.03. The molecule has 0 aliphatic rings. The quantitative estimate of drug-likeness (QED) is 0.278. The Hall–Kier alpha value is -3.32. The van der Waals surface area contributed by atoms with Crippen molar-refractivity contribution < 1.29 is 19.1 Å². The van der Waals surface area contributed by atoms with Crippen molar-refractivity contribution in [2.45, 2.75) is 71.5 Å². The maximum absolute atomic E-state index is 13.9. The third kappa shape index (κ3) is 9.12. The number of hydrogen-bond acceptors (Lipinski definition) is 4. The Morgan fingerprint density at radius 3 is 2.17 bits per heavy atom. The number of nitrogens with zero attached hydrogens (tertiary/aromatic N) is 1. The predicted octanol–water partition coefficient (Wildman–Crippen LogP) is 6.69. The highest BCUT2D eigenvalue weighted by atomic mass is 79.9. The lowest BCUT2D eigenvalue weighted by atomic mass is 9.87. The number of nitrogens with one attached hydrogen (secondary N) is 1. The van der Waals surface area contributed by atoms with Crippen molar-refractivity contribution in [3.8, 4) is 11.5 Å². The van der Waals surface area contributed by atoms with Crippen LogP contribution in [-0.4, -0.2) is 42.0 Å². The fraction of sp³-hybridized carbons (Fsp3) is 0.394. The van der Waals surface area contributed by atoms with Crippen LogP contribution in [0.4, 0.5) is 0 Å². The standard InChI is InChI=1S/C33H41BrN2O4/c1-32(2,3)25-16-17-29(27(34)20-25)40-22-30(37)36(21-24-14-11-15-26(18-24)39-7)28(31(38)35-33(4,5)6)19-23-12-9-8-10-13-23/h8-18,20,28H,19,21-22H2,1-7H3,(H,35,38)/t28-/m1/s1. The number of amides is 2. The van der Waals surface area contributed by atoms with E-state index in [2.05, 4.69) is 42.0 Å². The first kappa shape index (κ1) is 31.2. The van der Waals surface area contributed by atoms with Crippen molar-refractivity contribution >= 4 is 27.7 Å². The number of rotatable bonds is 10. The van der Waals surface area contributed by atoms with Crippen LogP contribution in [0.5, 0.6) is 11.5 Å². The minimum absolute atomic E-state index is 0.0184. The van der Waals surface area contributed by atoms with Gasteiger partial charge in [-0.3, -0.25) is 9.59 Å². The highest BCUT2D eigenvalue weighted by molar-refractivity contribution is 9.10. The number of carbonyl (C=O) groups is 2. The molecule has 0 heterocycles. The first-order valence-electron chi connectivity index (χ1n) is 13.5. The van der Waals surface area contributed by atoms with E-state index in [1.807, 2.05) is 93.6 Å². The summed E-state index contributed by atoms with van der Waals surface area (Å²) in [4.78, 5) is 29.2. The molecule has 0 saturated heterocycles. The van der Waals surface area contributed by atoms with Crippen LogP contribution in [0.25, 0.3) is 0 Å². The molecule has 40 heavy (non-hydrogen) atoms. The molecule has 0 unspecified atom stereocenters. The molecule has 0 aliphatic heterocycles. The van der Waals surface area contributed by atoms with Gasteiger partial charge < -0.3 is 19.7 Å². The zero-order valence-electron chi connectivity index (χ0n) is 24.6. The summed E-state index contributed by atoms with van der Waals surface area (Å²) in [7, 11) is 1.60. The first-order valence-corrected chi connectivity index (χ1v) is 14.3. The second-order valence-electron chi connectivity index (χ2n) is 12.0. The molecule has 3 aromatic rings. The number of methoxy groups -OCH3 is 1. The number of ether oxygens (including phenoxy) is 2. The van der Waals surface area contributed by atoms with Crippen LogP contribution in [0.2, 0.25) is 0 Å². The maximum atomic E-state index is 13.9. The Morgan fingerprint density at radius 1 is 0.900 bits per heavy atom. The van der Waals surface area contributed by atoms with E-state index in [0.29, 0.717) is 17.9 Å². The molecule has 0 bridgehead atoms. The Morgan fingerprint density at radius 2 is 1.57 bits per heavy atom. The fourth-order valence-electron chi connectivity index (χ4n) is 4.28. The minimum Gasteiger partial charge on any atom is -0.497 e. The van der Waals surface area contributed by atoms with Gasteiger partial charge in [-0.2, -0.15) is 0 Å². The molecular formula is C33H41BrN2O4. The molecule has 6 nitrogen and oxygen atoms in total. The molecule has 0 aliphatic carbocycles. The van der Waals surface area contributed by atoms with Gasteiger partial charge in [-0.25, -0.2) is 0 Å². The monoisotopic (exact) mass is 608 g/mol. The molecule has 0 saturated carbocycles. The van der Waals surface area contributed by atoms with Crippen LogP contribution < -0.4 is 14.8 Å². The zero-order chi connectivity index (χ0) is 29.5. The smallest absolute Gasteiger partial charge is 0.261 e. The van der Waals surface area contributed by atoms with E-state index in [-0.39, 0.29) is 30.4 Å². The normalized spacial score (nSPS) is 12.4. The van der Waals surface area contributed by atoms with Crippen molar-refractivity contribution in [1.82, 2.24) is 10.2 Å². The van der Waals surface area contributed by atoms with Crippen LogP contribution in [0, 0.1) is 0 Å². The summed E-state index contributed by atoms with van der Waals surface area (Å²) in [5.41, 5.74) is 2.48. The molecule has 3 rings (SSSR count). The van der Waals surface area contributed by atoms with Crippen LogP contribution in [0.15, 0.2) is 77.3 Å². The van der Waals surface area contributed by atoms with Crippen molar-refractivity contribution in [3.05, 3.63) is 94.0 Å². The SMILES string of the molecule is COc1cccc(CN(C(=O)COc2ccc(C(C)(C)C)cc2Br)[C@H](Cc2ccccc2)C(=O)NC(C)(C)C)c1. The molecule has 214 valence electrons. The Labute approximate surface area is 247 Å².